The van der Waals surface area contributed by atoms with Crippen LogP contribution >= 0.6 is 0 Å². The van der Waals surface area contributed by atoms with Gasteiger partial charge in [-0.1, -0.05) is 61.5 Å². The smallest absolute Gasteiger partial charge is 0.348 e. The van der Waals surface area contributed by atoms with Gasteiger partial charge >= 0.3 is 6.18 Å². The number of alkyl halides is 3. The first kappa shape index (κ1) is 24.3. The molecule has 0 heterocycles. The predicted molar refractivity (Wildman–Crippen MR) is 120 cm³/mol. The van der Waals surface area contributed by atoms with E-state index in [1.807, 2.05) is 37.3 Å². The minimum Gasteiger partial charge on any atom is -0.348 e. The average molecular weight is 477 g/mol. The Bertz CT molecular complexity index is 1180. The Kier molecular flexibility index (Phi) is 7.43. The molecule has 1 amide bonds. The lowest BCUT2D eigenvalue weighted by Gasteiger charge is -2.26. The van der Waals surface area contributed by atoms with E-state index in [4.69, 9.17) is 0 Å². The fourth-order valence-corrected chi connectivity index (χ4v) is 4.78. The van der Waals surface area contributed by atoms with E-state index in [1.54, 1.807) is 6.07 Å². The molecule has 1 atom stereocenters. The van der Waals surface area contributed by atoms with Crippen molar-refractivity contribution in [2.24, 2.45) is 0 Å². The number of nitrogens with one attached hydrogen (secondary N) is 1. The second-order valence-electron chi connectivity index (χ2n) is 7.31. The Morgan fingerprint density at radius 1 is 0.939 bits per heavy atom. The lowest BCUT2D eigenvalue weighted by atomic mass is 10.0. The predicted octanol–water partition coefficient (Wildman–Crippen LogP) is 5.17. The highest BCUT2D eigenvalue weighted by molar-refractivity contribution is 7.92. The largest absolute Gasteiger partial charge is 0.416 e. The van der Waals surface area contributed by atoms with Crippen molar-refractivity contribution in [2.75, 3.05) is 10.8 Å². The highest BCUT2D eigenvalue weighted by Crippen LogP contribution is 2.33. The molecule has 1 N–H and O–H groups in total. The molecular formula is C24H23F3N2O3S. The number of sulfonamides is 1. The molecule has 0 fully saturated rings. The highest BCUT2D eigenvalue weighted by atomic mass is 32.2. The Morgan fingerprint density at radius 2 is 1.55 bits per heavy atom. The summed E-state index contributed by atoms with van der Waals surface area (Å²) in [6, 6.07) is 19.9. The molecule has 0 saturated heterocycles. The summed E-state index contributed by atoms with van der Waals surface area (Å²) in [5.74, 6) is -0.636. The molecule has 0 spiro atoms. The maximum absolute atomic E-state index is 13.3. The van der Waals surface area contributed by atoms with E-state index in [0.717, 1.165) is 23.8 Å². The SMILES string of the molecule is CC[C@@H](NC(=O)CN(c1cccc(C(F)(F)F)c1)S(=O)(=O)c1ccccc1)c1ccccc1. The van der Waals surface area contributed by atoms with Gasteiger partial charge in [-0.25, -0.2) is 8.42 Å². The van der Waals surface area contributed by atoms with Gasteiger partial charge in [-0.05, 0) is 42.3 Å². The van der Waals surface area contributed by atoms with Gasteiger partial charge in [-0.15, -0.1) is 0 Å². The highest BCUT2D eigenvalue weighted by Gasteiger charge is 2.33. The summed E-state index contributed by atoms with van der Waals surface area (Å²) < 4.78 is 67.2. The van der Waals surface area contributed by atoms with Crippen molar-refractivity contribution in [1.29, 1.82) is 0 Å². The van der Waals surface area contributed by atoms with Gasteiger partial charge in [0.15, 0.2) is 0 Å². The van der Waals surface area contributed by atoms with Crippen molar-refractivity contribution in [1.82, 2.24) is 5.32 Å². The first-order valence-electron chi connectivity index (χ1n) is 10.2. The van der Waals surface area contributed by atoms with Crippen LogP contribution in [0.25, 0.3) is 0 Å². The Morgan fingerprint density at radius 3 is 2.12 bits per heavy atom. The molecule has 0 radical (unpaired) electrons. The topological polar surface area (TPSA) is 66.5 Å². The van der Waals surface area contributed by atoms with Crippen LogP contribution in [0.3, 0.4) is 0 Å². The maximum atomic E-state index is 13.3. The summed E-state index contributed by atoms with van der Waals surface area (Å²) in [7, 11) is -4.31. The molecule has 0 aliphatic rings. The van der Waals surface area contributed by atoms with Gasteiger partial charge in [0.05, 0.1) is 22.2 Å². The Balaban J connectivity index is 1.97. The van der Waals surface area contributed by atoms with Gasteiger partial charge in [-0.2, -0.15) is 13.2 Å². The number of anilines is 1. The minimum atomic E-state index is -4.67. The fourth-order valence-electron chi connectivity index (χ4n) is 3.35. The molecule has 0 bridgehead atoms. The first-order valence-corrected chi connectivity index (χ1v) is 11.7. The van der Waals surface area contributed by atoms with Gasteiger partial charge in [0.2, 0.25) is 5.91 Å². The molecule has 3 aromatic carbocycles. The van der Waals surface area contributed by atoms with E-state index in [-0.39, 0.29) is 16.6 Å². The third-order valence-corrected chi connectivity index (χ3v) is 6.81. The number of carbonyl (C=O) groups is 1. The second-order valence-corrected chi connectivity index (χ2v) is 9.17. The molecular weight excluding hydrogens is 453 g/mol. The number of benzene rings is 3. The zero-order chi connectivity index (χ0) is 24.1. The normalized spacial score (nSPS) is 12.7. The Labute approximate surface area is 190 Å². The summed E-state index contributed by atoms with van der Waals surface area (Å²) in [6.07, 6.45) is -4.12. The van der Waals surface area contributed by atoms with Crippen LogP contribution in [-0.4, -0.2) is 20.9 Å². The molecule has 0 aliphatic heterocycles. The van der Waals surface area contributed by atoms with Crippen LogP contribution in [0.2, 0.25) is 0 Å². The van der Waals surface area contributed by atoms with E-state index in [1.165, 1.54) is 30.3 Å². The van der Waals surface area contributed by atoms with Crippen molar-refractivity contribution in [2.45, 2.75) is 30.5 Å². The van der Waals surface area contributed by atoms with E-state index >= 15 is 0 Å². The van der Waals surface area contributed by atoms with Crippen LogP contribution < -0.4 is 9.62 Å². The number of nitrogens with zero attached hydrogens (tertiary/aromatic N) is 1. The van der Waals surface area contributed by atoms with E-state index in [0.29, 0.717) is 10.7 Å². The molecule has 0 aliphatic carbocycles. The second kappa shape index (κ2) is 10.1. The standard InChI is InChI=1S/C24H23F3N2O3S/c1-2-22(18-10-5-3-6-11-18)28-23(30)17-29(33(31,32)21-14-7-4-8-15-21)20-13-9-12-19(16-20)24(25,26)27/h3-16,22H,2,17H2,1H3,(H,28,30)/t22-/m1/s1. The van der Waals surface area contributed by atoms with Crippen LogP contribution in [0, 0.1) is 0 Å². The molecule has 33 heavy (non-hydrogen) atoms. The van der Waals surface area contributed by atoms with Crippen molar-refractivity contribution in [3.63, 3.8) is 0 Å². The van der Waals surface area contributed by atoms with Gasteiger partial charge < -0.3 is 5.32 Å². The van der Waals surface area contributed by atoms with Crippen LogP contribution in [0.1, 0.15) is 30.5 Å². The lowest BCUT2D eigenvalue weighted by molar-refractivity contribution is -0.137. The number of amides is 1. The van der Waals surface area contributed by atoms with E-state index in [2.05, 4.69) is 5.32 Å². The Hall–Kier alpha value is -3.33. The summed E-state index contributed by atoms with van der Waals surface area (Å²) in [5.41, 5.74) is -0.425. The molecule has 0 saturated carbocycles. The van der Waals surface area contributed by atoms with Crippen molar-refractivity contribution < 1.29 is 26.4 Å². The number of carbonyl (C=O) groups excluding carboxylic acids is 1. The molecule has 3 aromatic rings. The number of hydrogen-bond donors (Lipinski definition) is 1. The van der Waals surface area contributed by atoms with E-state index in [9.17, 15) is 26.4 Å². The average Bonchev–Trinajstić information content (AvgIpc) is 2.81. The summed E-state index contributed by atoms with van der Waals surface area (Å²) >= 11 is 0. The minimum absolute atomic E-state index is 0.134. The van der Waals surface area contributed by atoms with Gasteiger partial charge in [0.1, 0.15) is 6.54 Å². The lowest BCUT2D eigenvalue weighted by Crippen LogP contribution is -2.42. The molecule has 0 unspecified atom stereocenters. The van der Waals surface area contributed by atoms with Gasteiger partial charge in [0, 0.05) is 0 Å². The van der Waals surface area contributed by atoms with Crippen molar-refractivity contribution in [3.05, 3.63) is 96.1 Å². The first-order chi connectivity index (χ1) is 15.6. The number of hydrogen-bond acceptors (Lipinski definition) is 3. The monoisotopic (exact) mass is 476 g/mol. The maximum Gasteiger partial charge on any atom is 0.416 e. The summed E-state index contributed by atoms with van der Waals surface area (Å²) in [6.45, 7) is 1.19. The van der Waals surface area contributed by atoms with Crippen molar-refractivity contribution in [3.8, 4) is 0 Å². The quantitative estimate of drug-likeness (QED) is 0.488. The summed E-state index contributed by atoms with van der Waals surface area (Å²) in [4.78, 5) is 12.8. The molecule has 174 valence electrons. The molecule has 5 nitrogen and oxygen atoms in total. The van der Waals surface area contributed by atoms with E-state index < -0.39 is 34.2 Å². The zero-order valence-corrected chi connectivity index (χ0v) is 18.6. The number of halogens is 3. The van der Waals surface area contributed by atoms with Crippen LogP contribution in [0.15, 0.2) is 89.8 Å². The van der Waals surface area contributed by atoms with Crippen molar-refractivity contribution >= 4 is 21.6 Å². The molecule has 0 aromatic heterocycles. The third kappa shape index (κ3) is 5.92. The summed E-state index contributed by atoms with van der Waals surface area (Å²) in [5, 5.41) is 2.78. The van der Waals surface area contributed by atoms with Gasteiger partial charge in [0.25, 0.3) is 10.0 Å². The van der Waals surface area contributed by atoms with Gasteiger partial charge in [-0.3, -0.25) is 9.10 Å². The van der Waals surface area contributed by atoms with Crippen LogP contribution in [0.5, 0.6) is 0 Å². The van der Waals surface area contributed by atoms with Crippen LogP contribution in [0.4, 0.5) is 18.9 Å². The molecule has 9 heteroatoms. The zero-order valence-electron chi connectivity index (χ0n) is 17.8. The van der Waals surface area contributed by atoms with Crippen LogP contribution in [-0.2, 0) is 21.0 Å². The third-order valence-electron chi connectivity index (χ3n) is 5.03. The fraction of sp³-hybridized carbons (Fsp3) is 0.208. The molecule has 3 rings (SSSR count). The number of rotatable bonds is 8.